The summed E-state index contributed by atoms with van der Waals surface area (Å²) in [5.74, 6) is 0. The second-order valence-corrected chi connectivity index (χ2v) is 5.87. The van der Waals surface area contributed by atoms with Gasteiger partial charge in [-0.15, -0.1) is 11.3 Å². The van der Waals surface area contributed by atoms with Crippen LogP contribution in [0.15, 0.2) is 0 Å². The number of aromatic nitrogens is 1. The monoisotopic (exact) mass is 270 g/mol. The van der Waals surface area contributed by atoms with Crippen molar-refractivity contribution in [2.24, 2.45) is 0 Å². The number of nitrogens with one attached hydrogen (secondary N) is 1. The van der Waals surface area contributed by atoms with Gasteiger partial charge in [0, 0.05) is 25.1 Å². The first-order chi connectivity index (χ1) is 8.69. The van der Waals surface area contributed by atoms with Crippen molar-refractivity contribution >= 4 is 11.3 Å². The van der Waals surface area contributed by atoms with Crippen molar-refractivity contribution in [1.29, 1.82) is 0 Å². The van der Waals surface area contributed by atoms with E-state index in [0.29, 0.717) is 6.61 Å². The Labute approximate surface area is 113 Å². The third-order valence-electron chi connectivity index (χ3n) is 3.27. The topological polar surface area (TPSA) is 43.4 Å². The van der Waals surface area contributed by atoms with E-state index in [-0.39, 0.29) is 5.60 Å². The molecule has 1 aliphatic rings. The average molecular weight is 270 g/mol. The van der Waals surface area contributed by atoms with Crippen molar-refractivity contribution in [3.63, 3.8) is 0 Å². The number of thiazole rings is 1. The molecular weight excluding hydrogens is 248 g/mol. The zero-order valence-corrected chi connectivity index (χ0v) is 12.2. The van der Waals surface area contributed by atoms with Crippen molar-refractivity contribution in [3.8, 4) is 0 Å². The van der Waals surface area contributed by atoms with E-state index in [9.17, 15) is 0 Å². The Bertz CT molecular complexity index is 386. The highest BCUT2D eigenvalue weighted by molar-refractivity contribution is 7.11. The highest BCUT2D eigenvalue weighted by Gasteiger charge is 2.35. The molecule has 0 bridgehead atoms. The van der Waals surface area contributed by atoms with E-state index in [1.165, 1.54) is 4.88 Å². The average Bonchev–Trinajstić information content (AvgIpc) is 2.95. The van der Waals surface area contributed by atoms with Crippen LogP contribution >= 0.6 is 11.3 Å². The first-order valence-corrected chi connectivity index (χ1v) is 7.34. The van der Waals surface area contributed by atoms with Crippen LogP contribution in [0.25, 0.3) is 0 Å². The summed E-state index contributed by atoms with van der Waals surface area (Å²) in [5.41, 5.74) is 0.868. The van der Waals surface area contributed by atoms with E-state index < -0.39 is 0 Å². The van der Waals surface area contributed by atoms with Crippen molar-refractivity contribution in [2.45, 2.75) is 45.4 Å². The molecule has 1 aromatic rings. The van der Waals surface area contributed by atoms with Crippen molar-refractivity contribution in [2.75, 3.05) is 20.3 Å². The molecule has 0 spiro atoms. The Morgan fingerprint density at radius 1 is 1.56 bits per heavy atom. The van der Waals surface area contributed by atoms with Crippen molar-refractivity contribution < 1.29 is 9.47 Å². The summed E-state index contributed by atoms with van der Waals surface area (Å²) in [7, 11) is 1.71. The van der Waals surface area contributed by atoms with Gasteiger partial charge in [-0.3, -0.25) is 0 Å². The zero-order valence-electron chi connectivity index (χ0n) is 11.4. The summed E-state index contributed by atoms with van der Waals surface area (Å²) in [5, 5.41) is 4.45. The molecule has 18 heavy (non-hydrogen) atoms. The minimum atomic E-state index is -0.183. The Hall–Kier alpha value is -0.490. The summed E-state index contributed by atoms with van der Waals surface area (Å²) in [6.45, 7) is 7.51. The van der Waals surface area contributed by atoms with E-state index in [2.05, 4.69) is 19.2 Å². The molecule has 1 aliphatic heterocycles. The number of rotatable bonds is 6. The van der Waals surface area contributed by atoms with Crippen LogP contribution < -0.4 is 5.32 Å². The SMILES string of the molecule is CCNCc1sc(C2(C)CCCO2)nc1COC. The Morgan fingerprint density at radius 3 is 3.00 bits per heavy atom. The Balaban J connectivity index is 2.20. The summed E-state index contributed by atoms with van der Waals surface area (Å²) < 4.78 is 11.1. The highest BCUT2D eigenvalue weighted by atomic mass is 32.1. The lowest BCUT2D eigenvalue weighted by atomic mass is 10.0. The van der Waals surface area contributed by atoms with Crippen LogP contribution in [0.4, 0.5) is 0 Å². The maximum Gasteiger partial charge on any atom is 0.125 e. The van der Waals surface area contributed by atoms with Gasteiger partial charge in [-0.2, -0.15) is 0 Å². The lowest BCUT2D eigenvalue weighted by Gasteiger charge is -2.19. The summed E-state index contributed by atoms with van der Waals surface area (Å²) in [6.07, 6.45) is 2.19. The largest absolute Gasteiger partial charge is 0.378 e. The molecule has 1 N–H and O–H groups in total. The Morgan fingerprint density at radius 2 is 2.39 bits per heavy atom. The number of hydrogen-bond acceptors (Lipinski definition) is 5. The van der Waals surface area contributed by atoms with Gasteiger partial charge in [0.25, 0.3) is 0 Å². The van der Waals surface area contributed by atoms with Gasteiger partial charge in [-0.1, -0.05) is 6.92 Å². The molecule has 1 aromatic heterocycles. The normalized spacial score (nSPS) is 23.7. The molecular formula is C13H22N2O2S. The van der Waals surface area contributed by atoms with Crippen LogP contribution in [0.1, 0.15) is 42.3 Å². The first kappa shape index (κ1) is 13.9. The van der Waals surface area contributed by atoms with Gasteiger partial charge in [-0.25, -0.2) is 4.98 Å². The lowest BCUT2D eigenvalue weighted by Crippen LogP contribution is -2.19. The maximum atomic E-state index is 5.86. The molecule has 1 saturated heterocycles. The van der Waals surface area contributed by atoms with E-state index in [1.807, 2.05) is 0 Å². The molecule has 0 aromatic carbocycles. The fraction of sp³-hybridized carbons (Fsp3) is 0.769. The van der Waals surface area contributed by atoms with Crippen LogP contribution in [0, 0.1) is 0 Å². The van der Waals surface area contributed by atoms with E-state index >= 15 is 0 Å². The standard InChI is InChI=1S/C13H22N2O2S/c1-4-14-8-11-10(9-16-3)15-12(18-11)13(2)6-5-7-17-13/h14H,4-9H2,1-3H3. The molecule has 0 aliphatic carbocycles. The maximum absolute atomic E-state index is 5.86. The van der Waals surface area contributed by atoms with Crippen LogP contribution in [0.2, 0.25) is 0 Å². The molecule has 4 nitrogen and oxygen atoms in total. The van der Waals surface area contributed by atoms with Gasteiger partial charge in [0.2, 0.25) is 0 Å². The Kier molecular flexibility index (Phi) is 4.72. The summed E-state index contributed by atoms with van der Waals surface area (Å²) >= 11 is 1.76. The third kappa shape index (κ3) is 2.91. The zero-order chi connectivity index (χ0) is 13.0. The van der Waals surface area contributed by atoms with E-state index in [0.717, 1.165) is 43.2 Å². The molecule has 1 unspecified atom stereocenters. The van der Waals surface area contributed by atoms with Crippen LogP contribution in [-0.4, -0.2) is 25.2 Å². The second-order valence-electron chi connectivity index (χ2n) is 4.79. The smallest absolute Gasteiger partial charge is 0.125 e. The van der Waals surface area contributed by atoms with Gasteiger partial charge in [0.15, 0.2) is 0 Å². The minimum Gasteiger partial charge on any atom is -0.378 e. The highest BCUT2D eigenvalue weighted by Crippen LogP contribution is 2.38. The number of methoxy groups -OCH3 is 1. The number of ether oxygens (including phenoxy) is 2. The molecule has 5 heteroatoms. The van der Waals surface area contributed by atoms with Crippen LogP contribution in [0.3, 0.4) is 0 Å². The van der Waals surface area contributed by atoms with Gasteiger partial charge < -0.3 is 14.8 Å². The van der Waals surface area contributed by atoms with Gasteiger partial charge >= 0.3 is 0 Å². The summed E-state index contributed by atoms with van der Waals surface area (Å²) in [6, 6.07) is 0. The lowest BCUT2D eigenvalue weighted by molar-refractivity contribution is 0.0163. The van der Waals surface area contributed by atoms with Gasteiger partial charge in [0.1, 0.15) is 10.6 Å². The third-order valence-corrected chi connectivity index (χ3v) is 4.61. The van der Waals surface area contributed by atoms with Crippen molar-refractivity contribution in [3.05, 3.63) is 15.6 Å². The van der Waals surface area contributed by atoms with E-state index in [4.69, 9.17) is 14.5 Å². The second kappa shape index (κ2) is 6.10. The molecule has 2 heterocycles. The van der Waals surface area contributed by atoms with Crippen molar-refractivity contribution in [1.82, 2.24) is 10.3 Å². The molecule has 0 amide bonds. The van der Waals surface area contributed by atoms with Gasteiger partial charge in [0.05, 0.1) is 12.3 Å². The molecule has 0 saturated carbocycles. The number of nitrogens with zero attached hydrogens (tertiary/aromatic N) is 1. The molecule has 1 atom stereocenters. The fourth-order valence-electron chi connectivity index (χ4n) is 2.18. The summed E-state index contributed by atoms with van der Waals surface area (Å²) in [4.78, 5) is 6.00. The first-order valence-electron chi connectivity index (χ1n) is 6.52. The number of hydrogen-bond donors (Lipinski definition) is 1. The molecule has 102 valence electrons. The predicted molar refractivity (Wildman–Crippen MR) is 72.7 cm³/mol. The fourth-order valence-corrected chi connectivity index (χ4v) is 3.35. The van der Waals surface area contributed by atoms with Gasteiger partial charge in [-0.05, 0) is 26.3 Å². The van der Waals surface area contributed by atoms with Crippen LogP contribution in [0.5, 0.6) is 0 Å². The van der Waals surface area contributed by atoms with Crippen LogP contribution in [-0.2, 0) is 28.2 Å². The quantitative estimate of drug-likeness (QED) is 0.862. The minimum absolute atomic E-state index is 0.183. The molecule has 2 rings (SSSR count). The van der Waals surface area contributed by atoms with E-state index in [1.54, 1.807) is 18.4 Å². The molecule has 1 fully saturated rings. The molecule has 0 radical (unpaired) electrons. The predicted octanol–water partition coefficient (Wildman–Crippen LogP) is 2.42.